The van der Waals surface area contributed by atoms with E-state index in [-0.39, 0.29) is 29.6 Å². The summed E-state index contributed by atoms with van der Waals surface area (Å²) in [6.45, 7) is 0.259. The van der Waals surface area contributed by atoms with Gasteiger partial charge in [0.1, 0.15) is 23.7 Å². The summed E-state index contributed by atoms with van der Waals surface area (Å²) in [4.78, 5) is 40.2. The number of amides is 1. The van der Waals surface area contributed by atoms with Crippen molar-refractivity contribution in [2.45, 2.75) is 17.5 Å². The van der Waals surface area contributed by atoms with Gasteiger partial charge in [-0.05, 0) is 17.2 Å². The molecule has 5 rings (SSSR count). The number of ether oxygens (including phenoxy) is 2. The summed E-state index contributed by atoms with van der Waals surface area (Å²) in [5.41, 5.74) is 8.41. The van der Waals surface area contributed by atoms with Crippen molar-refractivity contribution in [3.05, 3.63) is 94.0 Å². The van der Waals surface area contributed by atoms with Crippen LogP contribution in [0.3, 0.4) is 0 Å². The fraction of sp³-hybridized carbons (Fsp3) is 0.240. The van der Waals surface area contributed by atoms with Gasteiger partial charge in [-0.2, -0.15) is 0 Å². The first-order valence-electron chi connectivity index (χ1n) is 10.8. The zero-order valence-corrected chi connectivity index (χ0v) is 19.7. The average Bonchev–Trinajstić information content (AvgIpc) is 3.30. The minimum absolute atomic E-state index is 0.212. The molecule has 2 aromatic rings. The molecular weight excluding hydrogens is 472 g/mol. The SMILES string of the molecule is N[C@@H]1C(=O)N2C(C(=O)OC(c3ccccc3)c3ccccc3)=C(SCC3=CCOC3=O)CS[C@@H]12. The highest BCUT2D eigenvalue weighted by Gasteiger charge is 2.52. The average molecular weight is 495 g/mol. The number of nitrogens with zero attached hydrogens (tertiary/aromatic N) is 1. The van der Waals surface area contributed by atoms with E-state index in [9.17, 15) is 14.4 Å². The summed E-state index contributed by atoms with van der Waals surface area (Å²) < 4.78 is 11.0. The molecule has 9 heteroatoms. The summed E-state index contributed by atoms with van der Waals surface area (Å²) in [6.07, 6.45) is 1.09. The van der Waals surface area contributed by atoms with Gasteiger partial charge in [-0.15, -0.1) is 23.5 Å². The summed E-state index contributed by atoms with van der Waals surface area (Å²) in [5.74, 6) is -0.397. The second-order valence-electron chi connectivity index (χ2n) is 7.93. The topological polar surface area (TPSA) is 98.9 Å². The Morgan fingerprint density at radius 2 is 1.76 bits per heavy atom. The highest BCUT2D eigenvalue weighted by molar-refractivity contribution is 8.06. The van der Waals surface area contributed by atoms with Crippen molar-refractivity contribution in [2.75, 3.05) is 18.1 Å². The lowest BCUT2D eigenvalue weighted by Crippen LogP contribution is -2.68. The molecule has 0 spiro atoms. The van der Waals surface area contributed by atoms with Crippen LogP contribution in [0.5, 0.6) is 0 Å². The molecule has 2 atom stereocenters. The quantitative estimate of drug-likeness (QED) is 0.463. The van der Waals surface area contributed by atoms with Crippen molar-refractivity contribution in [3.8, 4) is 0 Å². The van der Waals surface area contributed by atoms with Crippen LogP contribution in [-0.2, 0) is 23.9 Å². The van der Waals surface area contributed by atoms with Crippen LogP contribution in [-0.4, -0.2) is 52.3 Å². The Bertz CT molecular complexity index is 1140. The maximum absolute atomic E-state index is 13.6. The van der Waals surface area contributed by atoms with Gasteiger partial charge in [0, 0.05) is 22.0 Å². The Kier molecular flexibility index (Phi) is 6.49. The fourth-order valence-electron chi connectivity index (χ4n) is 4.01. The lowest BCUT2D eigenvalue weighted by atomic mass is 10.0. The van der Waals surface area contributed by atoms with Crippen LogP contribution < -0.4 is 5.73 Å². The Morgan fingerprint density at radius 3 is 2.35 bits per heavy atom. The van der Waals surface area contributed by atoms with E-state index in [2.05, 4.69) is 0 Å². The Balaban J connectivity index is 1.46. The molecule has 2 aromatic carbocycles. The van der Waals surface area contributed by atoms with Crippen LogP contribution in [0.1, 0.15) is 17.2 Å². The number of carbonyl (C=O) groups excluding carboxylic acids is 3. The summed E-state index contributed by atoms with van der Waals surface area (Å²) in [6, 6.07) is 18.3. The van der Waals surface area contributed by atoms with Gasteiger partial charge in [0.25, 0.3) is 0 Å². The number of cyclic esters (lactones) is 1. The molecule has 1 saturated heterocycles. The lowest BCUT2D eigenvalue weighted by Gasteiger charge is -2.48. The molecule has 1 amide bonds. The van der Waals surface area contributed by atoms with Crippen LogP contribution in [0, 0.1) is 0 Å². The Labute approximate surface area is 205 Å². The summed E-state index contributed by atoms with van der Waals surface area (Å²) in [7, 11) is 0. The smallest absolute Gasteiger partial charge is 0.356 e. The number of carbonyl (C=O) groups is 3. The number of benzene rings is 2. The van der Waals surface area contributed by atoms with Crippen LogP contribution in [0.4, 0.5) is 0 Å². The molecular formula is C25H22N2O5S2. The minimum Gasteiger partial charge on any atom is -0.458 e. The number of fused-ring (bicyclic) bond motifs is 1. The van der Waals surface area contributed by atoms with E-state index in [0.717, 1.165) is 11.1 Å². The first-order chi connectivity index (χ1) is 16.5. The van der Waals surface area contributed by atoms with Crippen molar-refractivity contribution < 1.29 is 23.9 Å². The third-order valence-corrected chi connectivity index (χ3v) is 8.43. The molecule has 3 heterocycles. The van der Waals surface area contributed by atoms with Crippen molar-refractivity contribution in [1.82, 2.24) is 4.90 Å². The van der Waals surface area contributed by atoms with E-state index in [1.165, 1.54) is 28.4 Å². The van der Waals surface area contributed by atoms with Gasteiger partial charge in [-0.1, -0.05) is 60.7 Å². The molecule has 2 N–H and O–H groups in total. The van der Waals surface area contributed by atoms with Crippen LogP contribution in [0.15, 0.2) is 82.9 Å². The second-order valence-corrected chi connectivity index (χ2v) is 10.1. The highest BCUT2D eigenvalue weighted by Crippen LogP contribution is 2.44. The van der Waals surface area contributed by atoms with Gasteiger partial charge in [0.2, 0.25) is 5.91 Å². The van der Waals surface area contributed by atoms with Crippen LogP contribution in [0.25, 0.3) is 0 Å². The van der Waals surface area contributed by atoms with Gasteiger partial charge in [-0.3, -0.25) is 9.69 Å². The molecule has 0 saturated carbocycles. The highest BCUT2D eigenvalue weighted by atomic mass is 32.2. The number of hydrogen-bond acceptors (Lipinski definition) is 8. The van der Waals surface area contributed by atoms with Gasteiger partial charge in [0.15, 0.2) is 6.10 Å². The number of rotatable bonds is 7. The monoisotopic (exact) mass is 494 g/mol. The minimum atomic E-state index is -0.647. The van der Waals surface area contributed by atoms with Gasteiger partial charge < -0.3 is 15.2 Å². The molecule has 0 aliphatic carbocycles. The Hall–Kier alpha value is -3.01. The van der Waals surface area contributed by atoms with Crippen LogP contribution >= 0.6 is 23.5 Å². The van der Waals surface area contributed by atoms with E-state index in [1.54, 1.807) is 6.08 Å². The number of thioether (sulfide) groups is 2. The number of hydrogen-bond donors (Lipinski definition) is 1. The predicted molar refractivity (Wildman–Crippen MR) is 130 cm³/mol. The third kappa shape index (κ3) is 4.26. The number of esters is 2. The molecule has 3 aliphatic rings. The van der Waals surface area contributed by atoms with E-state index in [4.69, 9.17) is 15.2 Å². The molecule has 1 fully saturated rings. The third-order valence-electron chi connectivity index (χ3n) is 5.81. The molecule has 0 bridgehead atoms. The first-order valence-corrected chi connectivity index (χ1v) is 12.8. The van der Waals surface area contributed by atoms with Gasteiger partial charge in [-0.25, -0.2) is 9.59 Å². The number of nitrogens with two attached hydrogens (primary N) is 1. The van der Waals surface area contributed by atoms with Gasteiger partial charge in [0.05, 0.1) is 0 Å². The van der Waals surface area contributed by atoms with Crippen molar-refractivity contribution in [1.29, 1.82) is 0 Å². The van der Waals surface area contributed by atoms with E-state index >= 15 is 0 Å². The number of β-lactam (4-membered cyclic amide) rings is 1. The molecule has 34 heavy (non-hydrogen) atoms. The first kappa shape index (κ1) is 22.8. The standard InChI is InChI=1S/C25H22N2O5S2/c26-19-22(28)27-20(18(14-34-23(19)27)33-13-17-11-12-31-24(17)29)25(30)32-21(15-7-3-1-4-8-15)16-9-5-2-6-10-16/h1-11,19,21,23H,12-14,26H2/t19-,23+/m1/s1. The zero-order chi connectivity index (χ0) is 23.7. The van der Waals surface area contributed by atoms with E-state index in [0.29, 0.717) is 22.0 Å². The predicted octanol–water partition coefficient (Wildman–Crippen LogP) is 2.99. The lowest BCUT2D eigenvalue weighted by molar-refractivity contribution is -0.152. The zero-order valence-electron chi connectivity index (χ0n) is 18.1. The molecule has 0 radical (unpaired) electrons. The van der Waals surface area contributed by atoms with E-state index in [1.807, 2.05) is 60.7 Å². The fourth-order valence-corrected chi connectivity index (χ4v) is 6.57. The molecule has 174 valence electrons. The summed E-state index contributed by atoms with van der Waals surface area (Å²) >= 11 is 2.86. The van der Waals surface area contributed by atoms with Crippen LogP contribution in [0.2, 0.25) is 0 Å². The maximum atomic E-state index is 13.6. The molecule has 7 nitrogen and oxygen atoms in total. The van der Waals surface area contributed by atoms with E-state index < -0.39 is 18.1 Å². The molecule has 0 aromatic heterocycles. The van der Waals surface area contributed by atoms with Crippen molar-refractivity contribution >= 4 is 41.4 Å². The largest absolute Gasteiger partial charge is 0.458 e. The maximum Gasteiger partial charge on any atom is 0.356 e. The molecule has 0 unspecified atom stereocenters. The normalized spacial score (nSPS) is 21.7. The van der Waals surface area contributed by atoms with Crippen molar-refractivity contribution in [3.63, 3.8) is 0 Å². The Morgan fingerprint density at radius 1 is 1.12 bits per heavy atom. The second kappa shape index (κ2) is 9.69. The summed E-state index contributed by atoms with van der Waals surface area (Å²) in [5, 5.41) is -0.304. The van der Waals surface area contributed by atoms with Crippen molar-refractivity contribution in [2.24, 2.45) is 5.73 Å². The van der Waals surface area contributed by atoms with Gasteiger partial charge >= 0.3 is 11.9 Å². The molecule has 3 aliphatic heterocycles.